The highest BCUT2D eigenvalue weighted by Crippen LogP contribution is 2.25. The maximum atomic E-state index is 12.5. The van der Waals surface area contributed by atoms with Crippen molar-refractivity contribution in [3.05, 3.63) is 102 Å². The first kappa shape index (κ1) is 19.6. The molecule has 0 radical (unpaired) electrons. The lowest BCUT2D eigenvalue weighted by atomic mass is 10.1. The Labute approximate surface area is 166 Å². The van der Waals surface area contributed by atoms with E-state index in [1.54, 1.807) is 12.1 Å². The van der Waals surface area contributed by atoms with E-state index >= 15 is 0 Å². The van der Waals surface area contributed by atoms with Gasteiger partial charge in [0.1, 0.15) is 11.9 Å². The van der Waals surface area contributed by atoms with Crippen molar-refractivity contribution in [2.45, 2.75) is 19.1 Å². The molecule has 0 saturated carbocycles. The van der Waals surface area contributed by atoms with Gasteiger partial charge in [-0.2, -0.15) is 0 Å². The van der Waals surface area contributed by atoms with Gasteiger partial charge in [-0.15, -0.1) is 0 Å². The van der Waals surface area contributed by atoms with Gasteiger partial charge in [-0.25, -0.2) is 0 Å². The molecule has 0 bridgehead atoms. The molecule has 4 nitrogen and oxygen atoms in total. The van der Waals surface area contributed by atoms with Crippen LogP contribution in [0.1, 0.15) is 34.0 Å². The van der Waals surface area contributed by atoms with Gasteiger partial charge < -0.3 is 15.4 Å². The zero-order chi connectivity index (χ0) is 19.6. The molecular formula is C24H26N2O2. The quantitative estimate of drug-likeness (QED) is 0.586. The summed E-state index contributed by atoms with van der Waals surface area (Å²) >= 11 is 0. The van der Waals surface area contributed by atoms with Crippen molar-refractivity contribution in [3.8, 4) is 5.75 Å². The number of carbonyl (C=O) groups is 1. The van der Waals surface area contributed by atoms with E-state index in [0.29, 0.717) is 17.9 Å². The van der Waals surface area contributed by atoms with Crippen molar-refractivity contribution < 1.29 is 9.53 Å². The van der Waals surface area contributed by atoms with E-state index in [-0.39, 0.29) is 12.0 Å². The number of hydrogen-bond donors (Lipinski definition) is 2. The third kappa shape index (κ3) is 5.69. The van der Waals surface area contributed by atoms with Crippen LogP contribution >= 0.6 is 0 Å². The molecule has 4 heteroatoms. The van der Waals surface area contributed by atoms with Crippen molar-refractivity contribution in [1.29, 1.82) is 0 Å². The minimum Gasteiger partial charge on any atom is -0.486 e. The zero-order valence-electron chi connectivity index (χ0n) is 16.1. The van der Waals surface area contributed by atoms with E-state index in [9.17, 15) is 4.79 Å². The van der Waals surface area contributed by atoms with Gasteiger partial charge in [0, 0.05) is 18.5 Å². The molecular weight excluding hydrogens is 348 g/mol. The largest absolute Gasteiger partial charge is 0.486 e. The first-order valence-electron chi connectivity index (χ1n) is 9.54. The van der Waals surface area contributed by atoms with Gasteiger partial charge in [0.25, 0.3) is 5.91 Å². The summed E-state index contributed by atoms with van der Waals surface area (Å²) in [5.74, 6) is 0.582. The fraction of sp³-hybridized carbons (Fsp3) is 0.208. The van der Waals surface area contributed by atoms with Crippen molar-refractivity contribution in [2.75, 3.05) is 13.6 Å². The number of ether oxygens (including phenoxy) is 1. The standard InChI is InChI=1S/C24H26N2O2/c1-25-16-15-23(20-11-6-3-7-12-20)28-22-14-8-13-21(17-22)24(27)26-18-19-9-4-2-5-10-19/h2-14,17,23,25H,15-16,18H2,1H3,(H,26,27). The maximum absolute atomic E-state index is 12.5. The van der Waals surface area contributed by atoms with E-state index in [2.05, 4.69) is 22.8 Å². The Morgan fingerprint density at radius 1 is 0.929 bits per heavy atom. The van der Waals surface area contributed by atoms with Crippen molar-refractivity contribution in [2.24, 2.45) is 0 Å². The molecule has 3 rings (SSSR count). The van der Waals surface area contributed by atoms with Crippen LogP contribution in [0, 0.1) is 0 Å². The molecule has 0 aliphatic heterocycles. The maximum Gasteiger partial charge on any atom is 0.251 e. The fourth-order valence-corrected chi connectivity index (χ4v) is 2.99. The van der Waals surface area contributed by atoms with Crippen LogP contribution in [-0.4, -0.2) is 19.5 Å². The Morgan fingerprint density at radius 2 is 1.64 bits per heavy atom. The third-order valence-electron chi connectivity index (χ3n) is 4.50. The highest BCUT2D eigenvalue weighted by Gasteiger charge is 2.14. The van der Waals surface area contributed by atoms with E-state index < -0.39 is 0 Å². The van der Waals surface area contributed by atoms with Crippen LogP contribution < -0.4 is 15.4 Å². The summed E-state index contributed by atoms with van der Waals surface area (Å²) in [5, 5.41) is 6.13. The van der Waals surface area contributed by atoms with Crippen LogP contribution in [0.4, 0.5) is 0 Å². The lowest BCUT2D eigenvalue weighted by Gasteiger charge is -2.20. The highest BCUT2D eigenvalue weighted by molar-refractivity contribution is 5.94. The SMILES string of the molecule is CNCCC(Oc1cccc(C(=O)NCc2ccccc2)c1)c1ccccc1. The lowest BCUT2D eigenvalue weighted by Crippen LogP contribution is -2.22. The molecule has 144 valence electrons. The minimum atomic E-state index is -0.110. The van der Waals surface area contributed by atoms with Crippen LogP contribution in [-0.2, 0) is 6.54 Å². The minimum absolute atomic E-state index is 0.0729. The Bertz CT molecular complexity index is 866. The first-order valence-corrected chi connectivity index (χ1v) is 9.54. The van der Waals surface area contributed by atoms with Gasteiger partial charge in [0.15, 0.2) is 0 Å². The van der Waals surface area contributed by atoms with Crippen LogP contribution in [0.15, 0.2) is 84.9 Å². The van der Waals surface area contributed by atoms with Gasteiger partial charge in [-0.05, 0) is 42.9 Å². The number of carbonyl (C=O) groups excluding carboxylic acids is 1. The Morgan fingerprint density at radius 3 is 2.36 bits per heavy atom. The fourth-order valence-electron chi connectivity index (χ4n) is 2.99. The molecule has 1 unspecified atom stereocenters. The molecule has 0 spiro atoms. The molecule has 28 heavy (non-hydrogen) atoms. The van der Waals surface area contributed by atoms with Gasteiger partial charge in [0.05, 0.1) is 0 Å². The lowest BCUT2D eigenvalue weighted by molar-refractivity contribution is 0.0950. The normalized spacial score (nSPS) is 11.6. The molecule has 0 heterocycles. The molecule has 2 N–H and O–H groups in total. The summed E-state index contributed by atoms with van der Waals surface area (Å²) in [4.78, 5) is 12.5. The second-order valence-corrected chi connectivity index (χ2v) is 6.61. The van der Waals surface area contributed by atoms with Gasteiger partial charge in [-0.1, -0.05) is 66.7 Å². The van der Waals surface area contributed by atoms with E-state index in [1.165, 1.54) is 0 Å². The average molecular weight is 374 g/mol. The van der Waals surface area contributed by atoms with Crippen LogP contribution in [0.25, 0.3) is 0 Å². The Balaban J connectivity index is 1.67. The Hall–Kier alpha value is -3.11. The molecule has 0 fully saturated rings. The summed E-state index contributed by atoms with van der Waals surface area (Å²) < 4.78 is 6.24. The van der Waals surface area contributed by atoms with E-state index in [1.807, 2.05) is 67.7 Å². The van der Waals surface area contributed by atoms with Gasteiger partial charge in [-0.3, -0.25) is 4.79 Å². The second kappa shape index (κ2) is 10.3. The number of benzene rings is 3. The summed E-state index contributed by atoms with van der Waals surface area (Å²) in [6.45, 7) is 1.34. The first-order chi connectivity index (χ1) is 13.8. The molecule has 0 aromatic heterocycles. The topological polar surface area (TPSA) is 50.4 Å². The van der Waals surface area contributed by atoms with E-state index in [0.717, 1.165) is 24.1 Å². The van der Waals surface area contributed by atoms with Crippen LogP contribution in [0.2, 0.25) is 0 Å². The highest BCUT2D eigenvalue weighted by atomic mass is 16.5. The van der Waals surface area contributed by atoms with Crippen molar-refractivity contribution in [3.63, 3.8) is 0 Å². The second-order valence-electron chi connectivity index (χ2n) is 6.61. The molecule has 0 aliphatic rings. The summed E-state index contributed by atoms with van der Waals surface area (Å²) in [5.41, 5.74) is 2.78. The number of nitrogens with one attached hydrogen (secondary N) is 2. The molecule has 3 aromatic rings. The number of rotatable bonds is 9. The number of amides is 1. The summed E-state index contributed by atoms with van der Waals surface area (Å²) in [6.07, 6.45) is 0.765. The van der Waals surface area contributed by atoms with Gasteiger partial charge >= 0.3 is 0 Å². The zero-order valence-corrected chi connectivity index (χ0v) is 16.1. The van der Waals surface area contributed by atoms with Gasteiger partial charge in [0.2, 0.25) is 0 Å². The molecule has 1 atom stereocenters. The van der Waals surface area contributed by atoms with Crippen molar-refractivity contribution >= 4 is 5.91 Å². The Kier molecular flexibility index (Phi) is 7.21. The van der Waals surface area contributed by atoms with Crippen LogP contribution in [0.3, 0.4) is 0 Å². The molecule has 1 amide bonds. The smallest absolute Gasteiger partial charge is 0.251 e. The summed E-state index contributed by atoms with van der Waals surface area (Å²) in [7, 11) is 1.93. The molecule has 0 aliphatic carbocycles. The monoisotopic (exact) mass is 374 g/mol. The predicted molar refractivity (Wildman–Crippen MR) is 112 cm³/mol. The average Bonchev–Trinajstić information content (AvgIpc) is 2.76. The van der Waals surface area contributed by atoms with E-state index in [4.69, 9.17) is 4.74 Å². The predicted octanol–water partition coefficient (Wildman–Crippen LogP) is 4.35. The van der Waals surface area contributed by atoms with Crippen LogP contribution in [0.5, 0.6) is 5.75 Å². The molecule has 0 saturated heterocycles. The molecule has 3 aromatic carbocycles. The van der Waals surface area contributed by atoms with Crippen molar-refractivity contribution in [1.82, 2.24) is 10.6 Å². The summed E-state index contributed by atoms with van der Waals surface area (Å²) in [6, 6.07) is 27.4. The third-order valence-corrected chi connectivity index (χ3v) is 4.50. The number of hydrogen-bond acceptors (Lipinski definition) is 3.